The molecule has 0 aliphatic rings. The maximum atomic E-state index is 12.1. The molecule has 1 amide bonds. The van der Waals surface area contributed by atoms with E-state index in [0.717, 1.165) is 33.5 Å². The van der Waals surface area contributed by atoms with Crippen molar-refractivity contribution in [3.8, 4) is 0 Å². The van der Waals surface area contributed by atoms with Crippen molar-refractivity contribution in [1.82, 2.24) is 4.98 Å². The summed E-state index contributed by atoms with van der Waals surface area (Å²) in [6.07, 6.45) is 3.84. The Labute approximate surface area is 180 Å². The summed E-state index contributed by atoms with van der Waals surface area (Å²) in [5, 5.41) is 3.53. The van der Waals surface area contributed by atoms with Crippen LogP contribution in [0.25, 0.3) is 17.2 Å². The van der Waals surface area contributed by atoms with Crippen LogP contribution in [-0.2, 0) is 11.2 Å². The van der Waals surface area contributed by atoms with Gasteiger partial charge >= 0.3 is 0 Å². The molecule has 4 aromatic rings. The Kier molecular flexibility index (Phi) is 5.68. The second kappa shape index (κ2) is 8.56. The van der Waals surface area contributed by atoms with E-state index in [0.29, 0.717) is 17.3 Å². The molecule has 4 nitrogen and oxygen atoms in total. The van der Waals surface area contributed by atoms with Gasteiger partial charge in [-0.3, -0.25) is 4.79 Å². The number of oxazole rings is 1. The highest BCUT2D eigenvalue weighted by atomic mass is 35.5. The number of carbonyl (C=O) groups excluding carboxylic acids is 1. The van der Waals surface area contributed by atoms with Gasteiger partial charge in [-0.15, -0.1) is 0 Å². The van der Waals surface area contributed by atoms with Crippen LogP contribution in [0.2, 0.25) is 5.02 Å². The third-order valence-corrected chi connectivity index (χ3v) is 4.99. The second-order valence-electron chi connectivity index (χ2n) is 7.29. The van der Waals surface area contributed by atoms with Crippen LogP contribution in [0.5, 0.6) is 0 Å². The van der Waals surface area contributed by atoms with Gasteiger partial charge in [0.25, 0.3) is 0 Å². The predicted molar refractivity (Wildman–Crippen MR) is 122 cm³/mol. The lowest BCUT2D eigenvalue weighted by atomic mass is 10.1. The Bertz CT molecular complexity index is 1220. The van der Waals surface area contributed by atoms with Crippen molar-refractivity contribution >= 4 is 40.4 Å². The number of halogens is 1. The molecule has 4 rings (SSSR count). The maximum absolute atomic E-state index is 12.1. The van der Waals surface area contributed by atoms with Crippen molar-refractivity contribution in [3.05, 3.63) is 99.9 Å². The molecule has 5 heteroatoms. The number of amides is 1. The van der Waals surface area contributed by atoms with E-state index in [9.17, 15) is 4.79 Å². The molecule has 150 valence electrons. The van der Waals surface area contributed by atoms with Crippen molar-refractivity contribution in [3.63, 3.8) is 0 Å². The zero-order chi connectivity index (χ0) is 21.1. The summed E-state index contributed by atoms with van der Waals surface area (Å²) in [5.74, 6) is 0.490. The third-order valence-electron chi connectivity index (χ3n) is 4.74. The minimum absolute atomic E-state index is 0.192. The van der Waals surface area contributed by atoms with Crippen LogP contribution in [0, 0.1) is 13.8 Å². The number of nitrogens with zero attached hydrogens (tertiary/aromatic N) is 1. The van der Waals surface area contributed by atoms with Gasteiger partial charge in [0.05, 0.1) is 0 Å². The molecule has 1 heterocycles. The van der Waals surface area contributed by atoms with Gasteiger partial charge in [-0.25, -0.2) is 4.98 Å². The molecule has 0 radical (unpaired) electrons. The number of aryl methyl sites for hydroxylation is 2. The fourth-order valence-electron chi connectivity index (χ4n) is 3.31. The van der Waals surface area contributed by atoms with Crippen molar-refractivity contribution in [2.45, 2.75) is 20.3 Å². The first-order valence-electron chi connectivity index (χ1n) is 9.66. The van der Waals surface area contributed by atoms with Crippen LogP contribution in [-0.4, -0.2) is 10.9 Å². The van der Waals surface area contributed by atoms with E-state index in [-0.39, 0.29) is 5.91 Å². The monoisotopic (exact) mass is 416 g/mol. The topological polar surface area (TPSA) is 55.1 Å². The molecule has 30 heavy (non-hydrogen) atoms. The van der Waals surface area contributed by atoms with Crippen LogP contribution in [0.1, 0.15) is 28.1 Å². The van der Waals surface area contributed by atoms with E-state index in [1.165, 1.54) is 11.6 Å². The molecule has 0 spiro atoms. The van der Waals surface area contributed by atoms with Crippen molar-refractivity contribution in [2.24, 2.45) is 0 Å². The Morgan fingerprint density at radius 1 is 1.07 bits per heavy atom. The summed E-state index contributed by atoms with van der Waals surface area (Å²) >= 11 is 5.87. The number of aromatic nitrogens is 1. The lowest BCUT2D eigenvalue weighted by molar-refractivity contribution is -0.111. The molecular formula is C25H21ClN2O2. The number of hydrogen-bond donors (Lipinski definition) is 1. The van der Waals surface area contributed by atoms with Crippen LogP contribution in [0.15, 0.2) is 71.2 Å². The normalized spacial score (nSPS) is 11.3. The highest BCUT2D eigenvalue weighted by Gasteiger charge is 2.10. The fraction of sp³-hybridized carbons (Fsp3) is 0.120. The van der Waals surface area contributed by atoms with Crippen LogP contribution >= 0.6 is 11.6 Å². The average molecular weight is 417 g/mol. The highest BCUT2D eigenvalue weighted by Crippen LogP contribution is 2.23. The van der Waals surface area contributed by atoms with Gasteiger partial charge in [0.2, 0.25) is 5.91 Å². The molecule has 0 saturated heterocycles. The molecule has 1 N–H and O–H groups in total. The molecule has 0 unspecified atom stereocenters. The molecule has 0 fully saturated rings. The van der Waals surface area contributed by atoms with Crippen molar-refractivity contribution in [2.75, 3.05) is 5.32 Å². The first-order valence-corrected chi connectivity index (χ1v) is 10.0. The Morgan fingerprint density at radius 2 is 1.80 bits per heavy atom. The lowest BCUT2D eigenvalue weighted by Crippen LogP contribution is -2.07. The molecule has 1 aromatic heterocycles. The predicted octanol–water partition coefficient (Wildman–Crippen LogP) is 6.34. The van der Waals surface area contributed by atoms with E-state index >= 15 is 0 Å². The van der Waals surface area contributed by atoms with Crippen LogP contribution < -0.4 is 5.32 Å². The maximum Gasteiger partial charge on any atom is 0.248 e. The summed E-state index contributed by atoms with van der Waals surface area (Å²) in [6, 6.07) is 19.1. The molecule has 0 aliphatic carbocycles. The quantitative estimate of drug-likeness (QED) is 0.386. The zero-order valence-electron chi connectivity index (χ0n) is 16.8. The molecule has 0 atom stereocenters. The number of carbonyl (C=O) groups is 1. The smallest absolute Gasteiger partial charge is 0.248 e. The number of nitrogens with one attached hydrogen (secondary N) is 1. The summed E-state index contributed by atoms with van der Waals surface area (Å²) in [5.41, 5.74) is 6.69. The number of anilines is 1. The van der Waals surface area contributed by atoms with Crippen molar-refractivity contribution < 1.29 is 9.21 Å². The van der Waals surface area contributed by atoms with E-state index in [1.54, 1.807) is 18.2 Å². The standard InChI is InChI=1S/C25H21ClN2O2/c1-16-13-17(2)25-22(14-16)28-24(30-25)15-19-5-10-21(11-6-19)27-23(29)12-7-18-3-8-20(26)9-4-18/h3-14H,15H2,1-2H3,(H,27,29)/b12-7+. The van der Waals surface area contributed by atoms with Gasteiger partial charge in [0, 0.05) is 23.2 Å². The molecule has 0 saturated carbocycles. The van der Waals surface area contributed by atoms with Crippen LogP contribution in [0.4, 0.5) is 5.69 Å². The minimum Gasteiger partial charge on any atom is -0.440 e. The molecule has 0 aliphatic heterocycles. The lowest BCUT2D eigenvalue weighted by Gasteiger charge is -2.04. The molecule has 3 aromatic carbocycles. The Hall–Kier alpha value is -3.37. The van der Waals surface area contributed by atoms with Crippen molar-refractivity contribution in [1.29, 1.82) is 0 Å². The van der Waals surface area contributed by atoms with E-state index in [1.807, 2.05) is 49.4 Å². The van der Waals surface area contributed by atoms with E-state index < -0.39 is 0 Å². The molecular weight excluding hydrogens is 396 g/mol. The highest BCUT2D eigenvalue weighted by molar-refractivity contribution is 6.30. The van der Waals surface area contributed by atoms with E-state index in [2.05, 4.69) is 23.3 Å². The Balaban J connectivity index is 1.39. The third kappa shape index (κ3) is 4.78. The summed E-state index contributed by atoms with van der Waals surface area (Å²) in [6.45, 7) is 4.08. The number of benzene rings is 3. The first-order chi connectivity index (χ1) is 14.5. The van der Waals surface area contributed by atoms with Gasteiger partial charge < -0.3 is 9.73 Å². The second-order valence-corrected chi connectivity index (χ2v) is 7.72. The fourth-order valence-corrected chi connectivity index (χ4v) is 3.43. The first kappa shape index (κ1) is 19.9. The summed E-state index contributed by atoms with van der Waals surface area (Å²) < 4.78 is 5.94. The van der Waals surface area contributed by atoms with Gasteiger partial charge in [-0.1, -0.05) is 41.9 Å². The SMILES string of the molecule is Cc1cc(C)c2oc(Cc3ccc(NC(=O)/C=C/c4ccc(Cl)cc4)cc3)nc2c1. The molecule has 0 bridgehead atoms. The van der Waals surface area contributed by atoms with Crippen LogP contribution in [0.3, 0.4) is 0 Å². The zero-order valence-corrected chi connectivity index (χ0v) is 17.5. The Morgan fingerprint density at radius 3 is 2.53 bits per heavy atom. The number of hydrogen-bond acceptors (Lipinski definition) is 3. The minimum atomic E-state index is -0.192. The summed E-state index contributed by atoms with van der Waals surface area (Å²) in [4.78, 5) is 16.7. The van der Waals surface area contributed by atoms with E-state index in [4.69, 9.17) is 16.0 Å². The number of rotatable bonds is 5. The average Bonchev–Trinajstić information content (AvgIpc) is 3.12. The van der Waals surface area contributed by atoms with Gasteiger partial charge in [-0.05, 0) is 72.5 Å². The summed E-state index contributed by atoms with van der Waals surface area (Å²) in [7, 11) is 0. The largest absolute Gasteiger partial charge is 0.440 e. The van der Waals surface area contributed by atoms with Gasteiger partial charge in [0.1, 0.15) is 5.52 Å². The number of fused-ring (bicyclic) bond motifs is 1. The van der Waals surface area contributed by atoms with Gasteiger partial charge in [-0.2, -0.15) is 0 Å². The van der Waals surface area contributed by atoms with Gasteiger partial charge in [0.15, 0.2) is 11.5 Å².